The Morgan fingerprint density at radius 3 is 2.36 bits per heavy atom. The monoisotopic (exact) mass is 298 g/mol. The maximum atomic E-state index is 4.74. The number of piperazine rings is 1. The van der Waals surface area contributed by atoms with Crippen LogP contribution >= 0.6 is 0 Å². The number of hydrogen-bond acceptors (Lipinski definition) is 3. The minimum Gasteiger partial charge on any atom is -0.352 e. The lowest BCUT2D eigenvalue weighted by Crippen LogP contribution is -2.46. The molecule has 118 valence electrons. The Morgan fingerprint density at radius 1 is 1.05 bits per heavy atom. The lowest BCUT2D eigenvalue weighted by atomic mass is 10.1. The van der Waals surface area contributed by atoms with Gasteiger partial charge in [-0.2, -0.15) is 5.10 Å². The molecule has 0 bridgehead atoms. The highest BCUT2D eigenvalue weighted by Crippen LogP contribution is 2.24. The smallest absolute Gasteiger partial charge is 0.154 e. The number of rotatable bonds is 4. The Labute approximate surface area is 133 Å². The van der Waals surface area contributed by atoms with Gasteiger partial charge in [-0.15, -0.1) is 0 Å². The molecule has 22 heavy (non-hydrogen) atoms. The van der Waals surface area contributed by atoms with E-state index >= 15 is 0 Å². The minimum atomic E-state index is 1.05. The zero-order chi connectivity index (χ0) is 15.5. The van der Waals surface area contributed by atoms with Crippen LogP contribution in [0.1, 0.15) is 23.7 Å². The van der Waals surface area contributed by atoms with Gasteiger partial charge in [0.25, 0.3) is 0 Å². The van der Waals surface area contributed by atoms with Crippen LogP contribution < -0.4 is 4.90 Å². The van der Waals surface area contributed by atoms with Crippen LogP contribution in [-0.4, -0.2) is 40.9 Å². The summed E-state index contributed by atoms with van der Waals surface area (Å²) >= 11 is 0. The van der Waals surface area contributed by atoms with Crippen LogP contribution in [0.2, 0.25) is 0 Å². The Kier molecular flexibility index (Phi) is 4.48. The standard InChI is InChI=1S/C18H26N4/c1-4-17-15(2)20(3)19-18(17)22-12-10-21(11-13-22)14-16-8-6-5-7-9-16/h5-9H,4,10-14H2,1-3H3. The average Bonchev–Trinajstić information content (AvgIpc) is 2.84. The third-order valence-corrected chi connectivity index (χ3v) is 4.71. The van der Waals surface area contributed by atoms with Crippen molar-refractivity contribution in [3.63, 3.8) is 0 Å². The van der Waals surface area contributed by atoms with Gasteiger partial charge in [0, 0.05) is 51.0 Å². The third kappa shape index (κ3) is 3.02. The van der Waals surface area contributed by atoms with Crippen LogP contribution in [0.4, 0.5) is 5.82 Å². The van der Waals surface area contributed by atoms with E-state index in [1.807, 2.05) is 11.7 Å². The quantitative estimate of drug-likeness (QED) is 0.867. The summed E-state index contributed by atoms with van der Waals surface area (Å²) in [7, 11) is 2.05. The maximum absolute atomic E-state index is 4.74. The zero-order valence-electron chi connectivity index (χ0n) is 13.9. The van der Waals surface area contributed by atoms with E-state index in [1.165, 1.54) is 22.6 Å². The molecule has 1 aromatic heterocycles. The molecule has 0 saturated carbocycles. The van der Waals surface area contributed by atoms with Gasteiger partial charge in [-0.05, 0) is 18.9 Å². The van der Waals surface area contributed by atoms with E-state index in [1.54, 1.807) is 0 Å². The second kappa shape index (κ2) is 6.53. The van der Waals surface area contributed by atoms with Crippen molar-refractivity contribution in [1.29, 1.82) is 0 Å². The van der Waals surface area contributed by atoms with Gasteiger partial charge in [-0.25, -0.2) is 0 Å². The van der Waals surface area contributed by atoms with Crippen molar-refractivity contribution in [1.82, 2.24) is 14.7 Å². The molecule has 0 aliphatic carbocycles. The Morgan fingerprint density at radius 2 is 1.73 bits per heavy atom. The predicted molar refractivity (Wildman–Crippen MR) is 91.3 cm³/mol. The Hall–Kier alpha value is -1.81. The predicted octanol–water partition coefficient (Wildman–Crippen LogP) is 2.61. The lowest BCUT2D eigenvalue weighted by molar-refractivity contribution is 0.249. The van der Waals surface area contributed by atoms with Gasteiger partial charge in [0.1, 0.15) is 0 Å². The summed E-state index contributed by atoms with van der Waals surface area (Å²) < 4.78 is 2.02. The van der Waals surface area contributed by atoms with Gasteiger partial charge < -0.3 is 4.90 Å². The average molecular weight is 298 g/mol. The summed E-state index contributed by atoms with van der Waals surface area (Å²) in [5, 5.41) is 4.74. The summed E-state index contributed by atoms with van der Waals surface area (Å²) in [5.74, 6) is 1.20. The Bertz CT molecular complexity index is 610. The van der Waals surface area contributed by atoms with E-state index in [2.05, 4.69) is 54.0 Å². The van der Waals surface area contributed by atoms with Crippen molar-refractivity contribution in [2.75, 3.05) is 31.1 Å². The number of aryl methyl sites for hydroxylation is 1. The summed E-state index contributed by atoms with van der Waals surface area (Å²) in [5.41, 5.74) is 4.10. The normalized spacial score (nSPS) is 16.2. The summed E-state index contributed by atoms with van der Waals surface area (Å²) in [6.45, 7) is 9.78. The van der Waals surface area contributed by atoms with Crippen molar-refractivity contribution in [2.24, 2.45) is 7.05 Å². The molecule has 0 unspecified atom stereocenters. The number of nitrogens with zero attached hydrogens (tertiary/aromatic N) is 4. The number of hydrogen-bond donors (Lipinski definition) is 0. The highest BCUT2D eigenvalue weighted by molar-refractivity contribution is 5.49. The number of anilines is 1. The van der Waals surface area contributed by atoms with Crippen molar-refractivity contribution in [2.45, 2.75) is 26.8 Å². The molecule has 0 radical (unpaired) electrons. The van der Waals surface area contributed by atoms with Gasteiger partial charge in [-0.3, -0.25) is 9.58 Å². The van der Waals surface area contributed by atoms with Crippen LogP contribution in [0.15, 0.2) is 30.3 Å². The van der Waals surface area contributed by atoms with E-state index in [0.29, 0.717) is 0 Å². The molecule has 0 N–H and O–H groups in total. The van der Waals surface area contributed by atoms with Crippen molar-refractivity contribution < 1.29 is 0 Å². The fourth-order valence-electron chi connectivity index (χ4n) is 3.26. The van der Waals surface area contributed by atoms with Crippen LogP contribution in [0.25, 0.3) is 0 Å². The van der Waals surface area contributed by atoms with E-state index < -0.39 is 0 Å². The van der Waals surface area contributed by atoms with Gasteiger partial charge in [0.05, 0.1) is 0 Å². The molecule has 0 amide bonds. The minimum absolute atomic E-state index is 1.05. The first kappa shape index (κ1) is 15.1. The molecule has 2 heterocycles. The van der Waals surface area contributed by atoms with Crippen LogP contribution in [0.5, 0.6) is 0 Å². The SMILES string of the molecule is CCc1c(N2CCN(Cc3ccccc3)CC2)nn(C)c1C. The highest BCUT2D eigenvalue weighted by Gasteiger charge is 2.22. The molecule has 4 nitrogen and oxygen atoms in total. The van der Waals surface area contributed by atoms with Crippen LogP contribution in [-0.2, 0) is 20.0 Å². The molecule has 1 aliphatic heterocycles. The van der Waals surface area contributed by atoms with E-state index in [9.17, 15) is 0 Å². The molecule has 1 aromatic carbocycles. The molecule has 1 fully saturated rings. The summed E-state index contributed by atoms with van der Waals surface area (Å²) in [6.07, 6.45) is 1.05. The van der Waals surface area contributed by atoms with Crippen LogP contribution in [0.3, 0.4) is 0 Å². The molecule has 1 aliphatic rings. The van der Waals surface area contributed by atoms with Crippen molar-refractivity contribution in [3.05, 3.63) is 47.2 Å². The lowest BCUT2D eigenvalue weighted by Gasteiger charge is -2.35. The summed E-state index contributed by atoms with van der Waals surface area (Å²) in [6, 6.07) is 10.7. The third-order valence-electron chi connectivity index (χ3n) is 4.71. The second-order valence-corrected chi connectivity index (χ2v) is 6.11. The molecule has 2 aromatic rings. The number of benzene rings is 1. The molecular formula is C18H26N4. The van der Waals surface area contributed by atoms with Gasteiger partial charge in [0.15, 0.2) is 5.82 Å². The van der Waals surface area contributed by atoms with E-state index in [4.69, 9.17) is 5.10 Å². The fraction of sp³-hybridized carbons (Fsp3) is 0.500. The maximum Gasteiger partial charge on any atom is 0.154 e. The number of aromatic nitrogens is 2. The van der Waals surface area contributed by atoms with Crippen LogP contribution in [0, 0.1) is 6.92 Å². The van der Waals surface area contributed by atoms with E-state index in [0.717, 1.165) is 39.1 Å². The summed E-state index contributed by atoms with van der Waals surface area (Å²) in [4.78, 5) is 4.99. The topological polar surface area (TPSA) is 24.3 Å². The molecule has 1 saturated heterocycles. The zero-order valence-corrected chi connectivity index (χ0v) is 13.9. The van der Waals surface area contributed by atoms with Gasteiger partial charge in [0.2, 0.25) is 0 Å². The molecular weight excluding hydrogens is 272 g/mol. The van der Waals surface area contributed by atoms with Crippen molar-refractivity contribution >= 4 is 5.82 Å². The first-order chi connectivity index (χ1) is 10.7. The first-order valence-corrected chi connectivity index (χ1v) is 8.22. The largest absolute Gasteiger partial charge is 0.352 e. The van der Waals surface area contributed by atoms with Gasteiger partial charge >= 0.3 is 0 Å². The van der Waals surface area contributed by atoms with Crippen molar-refractivity contribution in [3.8, 4) is 0 Å². The molecule has 0 spiro atoms. The second-order valence-electron chi connectivity index (χ2n) is 6.11. The molecule has 0 atom stereocenters. The molecule has 4 heteroatoms. The molecule has 3 rings (SSSR count). The first-order valence-electron chi connectivity index (χ1n) is 8.22. The highest BCUT2D eigenvalue weighted by atomic mass is 15.4. The van der Waals surface area contributed by atoms with Gasteiger partial charge in [-0.1, -0.05) is 37.3 Å². The fourth-order valence-corrected chi connectivity index (χ4v) is 3.26. The Balaban J connectivity index is 1.63. The van der Waals surface area contributed by atoms with E-state index in [-0.39, 0.29) is 0 Å².